The lowest BCUT2D eigenvalue weighted by Gasteiger charge is -2.29. The monoisotopic (exact) mass is 276 g/mol. The van der Waals surface area contributed by atoms with Gasteiger partial charge in [0.15, 0.2) is 0 Å². The quantitative estimate of drug-likeness (QED) is 0.791. The second kappa shape index (κ2) is 6.93. The molecule has 20 heavy (non-hydrogen) atoms. The van der Waals surface area contributed by atoms with Gasteiger partial charge in [-0.05, 0) is 30.9 Å². The van der Waals surface area contributed by atoms with E-state index in [1.165, 1.54) is 0 Å². The first-order chi connectivity index (χ1) is 9.66. The maximum Gasteiger partial charge on any atom is 0.405 e. The molecule has 0 heterocycles. The number of carbonyl (C=O) groups excluding carboxylic acids is 1. The van der Waals surface area contributed by atoms with Crippen molar-refractivity contribution in [2.45, 2.75) is 38.1 Å². The highest BCUT2D eigenvalue weighted by Crippen LogP contribution is 2.27. The minimum Gasteiger partial charge on any atom is -0.465 e. The first-order valence-electron chi connectivity index (χ1n) is 7.02. The van der Waals surface area contributed by atoms with E-state index in [2.05, 4.69) is 10.6 Å². The highest BCUT2D eigenvalue weighted by Gasteiger charge is 2.30. The summed E-state index contributed by atoms with van der Waals surface area (Å²) in [5.41, 5.74) is 0.686. The molecule has 5 nitrogen and oxygen atoms in total. The third-order valence-electron chi connectivity index (χ3n) is 3.72. The first-order valence-corrected chi connectivity index (χ1v) is 7.02. The van der Waals surface area contributed by atoms with E-state index < -0.39 is 12.1 Å². The average Bonchev–Trinajstić information content (AvgIpc) is 2.46. The average molecular weight is 276 g/mol. The molecule has 0 aliphatic heterocycles. The van der Waals surface area contributed by atoms with Gasteiger partial charge < -0.3 is 15.7 Å². The zero-order valence-corrected chi connectivity index (χ0v) is 11.3. The van der Waals surface area contributed by atoms with Crippen molar-refractivity contribution in [3.63, 3.8) is 0 Å². The van der Waals surface area contributed by atoms with E-state index in [0.717, 1.165) is 32.1 Å². The lowest BCUT2D eigenvalue weighted by molar-refractivity contribution is -0.119. The Labute approximate surface area is 118 Å². The van der Waals surface area contributed by atoms with E-state index >= 15 is 0 Å². The molecule has 5 heteroatoms. The second-order valence-electron chi connectivity index (χ2n) is 5.18. The van der Waals surface area contributed by atoms with Crippen LogP contribution in [-0.2, 0) is 4.79 Å². The molecule has 0 spiro atoms. The molecule has 1 aliphatic carbocycles. The van der Waals surface area contributed by atoms with Gasteiger partial charge in [0.1, 0.15) is 6.04 Å². The van der Waals surface area contributed by atoms with E-state index in [1.54, 1.807) is 12.1 Å². The van der Waals surface area contributed by atoms with E-state index in [9.17, 15) is 9.59 Å². The van der Waals surface area contributed by atoms with E-state index in [1.807, 2.05) is 18.2 Å². The molecule has 0 radical (unpaired) electrons. The maximum absolute atomic E-state index is 12.3. The zero-order chi connectivity index (χ0) is 14.4. The fraction of sp³-hybridized carbons (Fsp3) is 0.467. The Morgan fingerprint density at radius 1 is 1.10 bits per heavy atom. The summed E-state index contributed by atoms with van der Waals surface area (Å²) in [7, 11) is 0. The first kappa shape index (κ1) is 14.4. The number of benzene rings is 1. The standard InChI is InChI=1S/C15H20N2O3/c18-14(16-12-9-5-2-6-10-12)13(17-15(19)20)11-7-3-1-4-8-11/h2,5-6,9-11,13,17H,1,3-4,7-8H2,(H,16,18)(H,19,20)/t13-/m1/s1. The van der Waals surface area contributed by atoms with Crippen molar-refractivity contribution in [2.75, 3.05) is 5.32 Å². The van der Waals surface area contributed by atoms with Gasteiger partial charge in [-0.1, -0.05) is 37.5 Å². The molecule has 1 aliphatic rings. The largest absolute Gasteiger partial charge is 0.465 e. The minimum atomic E-state index is -1.15. The molecule has 1 saturated carbocycles. The number of para-hydroxylation sites is 1. The smallest absolute Gasteiger partial charge is 0.405 e. The van der Waals surface area contributed by atoms with Gasteiger partial charge in [0.05, 0.1) is 0 Å². The third kappa shape index (κ3) is 3.98. The highest BCUT2D eigenvalue weighted by atomic mass is 16.4. The van der Waals surface area contributed by atoms with Crippen LogP contribution in [0.15, 0.2) is 30.3 Å². The number of rotatable bonds is 4. The Morgan fingerprint density at radius 3 is 2.35 bits per heavy atom. The molecule has 0 bridgehead atoms. The number of hydrogen-bond acceptors (Lipinski definition) is 2. The molecule has 1 fully saturated rings. The van der Waals surface area contributed by atoms with E-state index in [-0.39, 0.29) is 11.8 Å². The summed E-state index contributed by atoms with van der Waals surface area (Å²) in [4.78, 5) is 23.2. The molecule has 2 rings (SSSR count). The van der Waals surface area contributed by atoms with Crippen molar-refractivity contribution in [3.8, 4) is 0 Å². The number of hydrogen-bond donors (Lipinski definition) is 3. The molecule has 1 atom stereocenters. The van der Waals surface area contributed by atoms with Crippen molar-refractivity contribution >= 4 is 17.7 Å². The molecule has 0 saturated heterocycles. The molecular weight excluding hydrogens is 256 g/mol. The Balaban J connectivity index is 2.05. The molecule has 0 aromatic heterocycles. The van der Waals surface area contributed by atoms with E-state index in [4.69, 9.17) is 5.11 Å². The topological polar surface area (TPSA) is 78.4 Å². The molecular formula is C15H20N2O3. The van der Waals surface area contributed by atoms with Gasteiger partial charge in [-0.2, -0.15) is 0 Å². The summed E-state index contributed by atoms with van der Waals surface area (Å²) in [6.45, 7) is 0. The van der Waals surface area contributed by atoms with Crippen LogP contribution in [0.5, 0.6) is 0 Å². The Morgan fingerprint density at radius 2 is 1.75 bits per heavy atom. The summed E-state index contributed by atoms with van der Waals surface area (Å²) in [5.74, 6) is -0.186. The summed E-state index contributed by atoms with van der Waals surface area (Å²) < 4.78 is 0. The lowest BCUT2D eigenvalue weighted by Crippen LogP contribution is -2.48. The van der Waals surface area contributed by atoms with Crippen molar-refractivity contribution < 1.29 is 14.7 Å². The number of carboxylic acid groups (broad SMARTS) is 1. The molecule has 2 amide bonds. The Hall–Kier alpha value is -2.04. The van der Waals surface area contributed by atoms with Crippen molar-refractivity contribution in [1.82, 2.24) is 5.32 Å². The Kier molecular flexibility index (Phi) is 4.98. The van der Waals surface area contributed by atoms with Crippen LogP contribution in [0.25, 0.3) is 0 Å². The van der Waals surface area contributed by atoms with Crippen LogP contribution in [0.2, 0.25) is 0 Å². The molecule has 1 aromatic rings. The van der Waals surface area contributed by atoms with Gasteiger partial charge in [-0.3, -0.25) is 4.79 Å². The van der Waals surface area contributed by atoms with E-state index in [0.29, 0.717) is 5.69 Å². The van der Waals surface area contributed by atoms with Crippen LogP contribution >= 0.6 is 0 Å². The Bertz CT molecular complexity index is 455. The van der Waals surface area contributed by atoms with Crippen molar-refractivity contribution in [2.24, 2.45) is 5.92 Å². The van der Waals surface area contributed by atoms with Crippen molar-refractivity contribution in [3.05, 3.63) is 30.3 Å². The summed E-state index contributed by atoms with van der Waals surface area (Å²) in [5, 5.41) is 14.1. The number of anilines is 1. The summed E-state index contributed by atoms with van der Waals surface area (Å²) >= 11 is 0. The normalized spacial score (nSPS) is 17.2. The highest BCUT2D eigenvalue weighted by molar-refractivity contribution is 5.96. The predicted octanol–water partition coefficient (Wildman–Crippen LogP) is 2.84. The fourth-order valence-corrected chi connectivity index (χ4v) is 2.74. The lowest BCUT2D eigenvalue weighted by atomic mass is 9.83. The van der Waals surface area contributed by atoms with Crippen LogP contribution in [-0.4, -0.2) is 23.1 Å². The van der Waals surface area contributed by atoms with Gasteiger partial charge in [-0.25, -0.2) is 4.79 Å². The number of nitrogens with one attached hydrogen (secondary N) is 2. The van der Waals surface area contributed by atoms with Crippen LogP contribution in [0.1, 0.15) is 32.1 Å². The van der Waals surface area contributed by atoms with Gasteiger partial charge in [0.25, 0.3) is 0 Å². The fourth-order valence-electron chi connectivity index (χ4n) is 2.74. The number of carbonyl (C=O) groups is 2. The zero-order valence-electron chi connectivity index (χ0n) is 11.3. The SMILES string of the molecule is O=C(O)N[C@@H](C(=O)Nc1ccccc1)C1CCCCC1. The molecule has 3 N–H and O–H groups in total. The molecule has 1 aromatic carbocycles. The predicted molar refractivity (Wildman–Crippen MR) is 76.6 cm³/mol. The van der Waals surface area contributed by atoms with Crippen LogP contribution < -0.4 is 10.6 Å². The maximum atomic E-state index is 12.3. The second-order valence-corrected chi connectivity index (χ2v) is 5.18. The van der Waals surface area contributed by atoms with Crippen LogP contribution in [0.4, 0.5) is 10.5 Å². The molecule has 0 unspecified atom stereocenters. The minimum absolute atomic E-state index is 0.0866. The summed E-state index contributed by atoms with van der Waals surface area (Å²) in [6, 6.07) is 8.43. The molecule has 108 valence electrons. The third-order valence-corrected chi connectivity index (χ3v) is 3.72. The van der Waals surface area contributed by atoms with Crippen molar-refractivity contribution in [1.29, 1.82) is 0 Å². The van der Waals surface area contributed by atoms with Gasteiger partial charge in [-0.15, -0.1) is 0 Å². The van der Waals surface area contributed by atoms with Gasteiger partial charge >= 0.3 is 6.09 Å². The number of amides is 2. The van der Waals surface area contributed by atoms with Gasteiger partial charge in [0.2, 0.25) is 5.91 Å². The van der Waals surface area contributed by atoms with Gasteiger partial charge in [0, 0.05) is 5.69 Å². The summed E-state index contributed by atoms with van der Waals surface area (Å²) in [6.07, 6.45) is 3.92. The van der Waals surface area contributed by atoms with Crippen LogP contribution in [0.3, 0.4) is 0 Å². The van der Waals surface area contributed by atoms with Crippen LogP contribution in [0, 0.1) is 5.92 Å².